The van der Waals surface area contributed by atoms with Crippen LogP contribution in [-0.2, 0) is 6.18 Å². The van der Waals surface area contributed by atoms with E-state index in [2.05, 4.69) is 31.0 Å². The second kappa shape index (κ2) is 7.63. The van der Waals surface area contributed by atoms with Gasteiger partial charge in [-0.05, 0) is 40.2 Å². The van der Waals surface area contributed by atoms with Gasteiger partial charge in [-0.3, -0.25) is 0 Å². The predicted octanol–water partition coefficient (Wildman–Crippen LogP) is 5.96. The van der Waals surface area contributed by atoms with Crippen LogP contribution < -0.4 is 0 Å². The van der Waals surface area contributed by atoms with Gasteiger partial charge in [0.15, 0.2) is 11.0 Å². The van der Waals surface area contributed by atoms with Gasteiger partial charge in [-0.1, -0.05) is 37.7 Å². The molecule has 0 spiro atoms. The molecule has 3 aromatic rings. The molecule has 0 aliphatic rings. The molecular weight excluding hydrogens is 441 g/mol. The van der Waals surface area contributed by atoms with Crippen LogP contribution in [0.4, 0.5) is 13.2 Å². The predicted molar refractivity (Wildman–Crippen MR) is 103 cm³/mol. The Bertz CT molecular complexity index is 969. The molecule has 4 nitrogen and oxygen atoms in total. The van der Waals surface area contributed by atoms with Gasteiger partial charge in [-0.2, -0.15) is 18.3 Å². The first-order valence-electron chi connectivity index (χ1n) is 8.05. The first kappa shape index (κ1) is 19.9. The highest BCUT2D eigenvalue weighted by Crippen LogP contribution is 2.38. The molecule has 2 aromatic heterocycles. The number of nitrogens with zero attached hydrogens (tertiary/aromatic N) is 4. The van der Waals surface area contributed by atoms with Crippen molar-refractivity contribution < 1.29 is 13.2 Å². The Labute approximate surface area is 167 Å². The third kappa shape index (κ3) is 4.03. The van der Waals surface area contributed by atoms with Crippen molar-refractivity contribution >= 4 is 27.7 Å². The fourth-order valence-electron chi connectivity index (χ4n) is 2.59. The highest BCUT2D eigenvalue weighted by molar-refractivity contribution is 9.10. The highest BCUT2D eigenvalue weighted by atomic mass is 79.9. The minimum Gasteiger partial charge on any atom is -0.231 e. The fraction of sp³-hybridized carbons (Fsp3) is 0.278. The summed E-state index contributed by atoms with van der Waals surface area (Å²) in [4.78, 5) is 8.59. The van der Waals surface area contributed by atoms with E-state index in [-0.39, 0.29) is 5.92 Å². The molecule has 27 heavy (non-hydrogen) atoms. The molecule has 1 aromatic carbocycles. The van der Waals surface area contributed by atoms with Gasteiger partial charge in [0.25, 0.3) is 0 Å². The van der Waals surface area contributed by atoms with Crippen molar-refractivity contribution in [1.29, 1.82) is 0 Å². The van der Waals surface area contributed by atoms with E-state index >= 15 is 0 Å². The smallest absolute Gasteiger partial charge is 0.231 e. The van der Waals surface area contributed by atoms with Crippen molar-refractivity contribution in [3.05, 3.63) is 52.3 Å². The highest BCUT2D eigenvalue weighted by Gasteiger charge is 2.31. The minimum atomic E-state index is -4.42. The maximum Gasteiger partial charge on any atom is 0.416 e. The number of thioether (sulfide) groups is 1. The maximum atomic E-state index is 13.2. The van der Waals surface area contributed by atoms with Crippen LogP contribution in [0, 0.1) is 0 Å². The summed E-state index contributed by atoms with van der Waals surface area (Å²) in [6.07, 6.45) is -0.963. The number of hydrogen-bond acceptors (Lipinski definition) is 4. The number of aromatic nitrogens is 4. The number of alkyl halides is 3. The van der Waals surface area contributed by atoms with Crippen LogP contribution >= 0.6 is 27.7 Å². The van der Waals surface area contributed by atoms with Crippen LogP contribution in [-0.4, -0.2) is 26.0 Å². The third-order valence-corrected chi connectivity index (χ3v) is 5.22. The summed E-state index contributed by atoms with van der Waals surface area (Å²) in [5, 5.41) is 5.17. The standard InChI is InChI=1S/C18H16BrF3N4S/c1-10(2)15-14(19)16(11-5-4-6-12(9-11)18(20,21)22)26(25-15)13-7-8-23-17(24-13)27-3/h4-10H,1-3H3. The zero-order valence-electron chi connectivity index (χ0n) is 14.8. The molecule has 2 heterocycles. The Hall–Kier alpha value is -1.87. The fourth-order valence-corrected chi connectivity index (χ4v) is 3.88. The lowest BCUT2D eigenvalue weighted by Crippen LogP contribution is -2.06. The Morgan fingerprint density at radius 1 is 1.19 bits per heavy atom. The normalized spacial score (nSPS) is 12.0. The van der Waals surface area contributed by atoms with E-state index in [1.165, 1.54) is 17.8 Å². The molecule has 0 fully saturated rings. The monoisotopic (exact) mass is 456 g/mol. The Morgan fingerprint density at radius 3 is 2.56 bits per heavy atom. The second-order valence-electron chi connectivity index (χ2n) is 6.09. The number of benzene rings is 1. The van der Waals surface area contributed by atoms with Gasteiger partial charge < -0.3 is 0 Å². The van der Waals surface area contributed by atoms with E-state index in [1.54, 1.807) is 23.0 Å². The summed E-state index contributed by atoms with van der Waals surface area (Å²) in [6.45, 7) is 3.95. The van der Waals surface area contributed by atoms with Gasteiger partial charge in [0.1, 0.15) is 0 Å². The summed E-state index contributed by atoms with van der Waals surface area (Å²) in [5.74, 6) is 0.571. The van der Waals surface area contributed by atoms with Crippen LogP contribution in [0.25, 0.3) is 17.1 Å². The topological polar surface area (TPSA) is 43.6 Å². The number of hydrogen-bond donors (Lipinski definition) is 0. The molecule has 0 bridgehead atoms. The van der Waals surface area contributed by atoms with Gasteiger partial charge in [0.2, 0.25) is 0 Å². The van der Waals surface area contributed by atoms with Crippen LogP contribution in [0.3, 0.4) is 0 Å². The summed E-state index contributed by atoms with van der Waals surface area (Å²) < 4.78 is 41.8. The lowest BCUT2D eigenvalue weighted by Gasteiger charge is -2.11. The van der Waals surface area contributed by atoms with E-state index in [4.69, 9.17) is 0 Å². The van der Waals surface area contributed by atoms with Gasteiger partial charge in [-0.15, -0.1) is 0 Å². The van der Waals surface area contributed by atoms with Crippen molar-refractivity contribution in [3.63, 3.8) is 0 Å². The quantitative estimate of drug-likeness (QED) is 0.359. The minimum absolute atomic E-state index is 0.0760. The lowest BCUT2D eigenvalue weighted by molar-refractivity contribution is -0.137. The molecule has 142 valence electrons. The Balaban J connectivity index is 2.26. The zero-order chi connectivity index (χ0) is 19.8. The van der Waals surface area contributed by atoms with Gasteiger partial charge >= 0.3 is 6.18 Å². The Morgan fingerprint density at radius 2 is 1.93 bits per heavy atom. The van der Waals surface area contributed by atoms with Crippen molar-refractivity contribution in [2.45, 2.75) is 31.1 Å². The molecule has 3 rings (SSSR count). The van der Waals surface area contributed by atoms with Gasteiger partial charge in [0, 0.05) is 17.8 Å². The van der Waals surface area contributed by atoms with E-state index in [9.17, 15) is 13.2 Å². The van der Waals surface area contributed by atoms with E-state index in [0.29, 0.717) is 26.7 Å². The Kier molecular flexibility index (Phi) is 5.62. The molecule has 0 N–H and O–H groups in total. The summed E-state index contributed by atoms with van der Waals surface area (Å²) >= 11 is 4.91. The third-order valence-electron chi connectivity index (χ3n) is 3.88. The molecule has 0 atom stereocenters. The SMILES string of the molecule is CSc1nccc(-n2nc(C(C)C)c(Br)c2-c2cccc(C(F)(F)F)c2)n1. The van der Waals surface area contributed by atoms with Crippen LogP contribution in [0.5, 0.6) is 0 Å². The summed E-state index contributed by atoms with van der Waals surface area (Å²) in [7, 11) is 0. The van der Waals surface area contributed by atoms with Crippen LogP contribution in [0.15, 0.2) is 46.2 Å². The molecule has 0 amide bonds. The summed E-state index contributed by atoms with van der Waals surface area (Å²) in [5.41, 5.74) is 0.959. The second-order valence-corrected chi connectivity index (χ2v) is 7.66. The first-order chi connectivity index (χ1) is 12.7. The zero-order valence-corrected chi connectivity index (χ0v) is 17.2. The average Bonchev–Trinajstić information content (AvgIpc) is 2.98. The molecule has 0 aliphatic heterocycles. The van der Waals surface area contributed by atoms with Gasteiger partial charge in [0.05, 0.1) is 21.4 Å². The maximum absolute atomic E-state index is 13.2. The van der Waals surface area contributed by atoms with E-state index in [1.807, 2.05) is 20.1 Å². The number of rotatable bonds is 4. The van der Waals surface area contributed by atoms with Gasteiger partial charge in [-0.25, -0.2) is 14.6 Å². The van der Waals surface area contributed by atoms with Crippen molar-refractivity contribution in [2.24, 2.45) is 0 Å². The number of halogens is 4. The van der Waals surface area contributed by atoms with Crippen molar-refractivity contribution in [3.8, 4) is 17.1 Å². The van der Waals surface area contributed by atoms with Crippen LogP contribution in [0.2, 0.25) is 0 Å². The van der Waals surface area contributed by atoms with Crippen molar-refractivity contribution in [2.75, 3.05) is 6.26 Å². The largest absolute Gasteiger partial charge is 0.416 e. The molecule has 0 radical (unpaired) electrons. The molecule has 9 heteroatoms. The first-order valence-corrected chi connectivity index (χ1v) is 10.1. The molecule has 0 aliphatic carbocycles. The molecule has 0 saturated heterocycles. The van der Waals surface area contributed by atoms with Crippen molar-refractivity contribution in [1.82, 2.24) is 19.7 Å². The molecular formula is C18H16BrF3N4S. The van der Waals surface area contributed by atoms with E-state index in [0.717, 1.165) is 17.8 Å². The molecule has 0 unspecified atom stereocenters. The average molecular weight is 457 g/mol. The lowest BCUT2D eigenvalue weighted by atomic mass is 10.1. The molecule has 0 saturated carbocycles. The van der Waals surface area contributed by atoms with Crippen LogP contribution in [0.1, 0.15) is 31.0 Å². The summed E-state index contributed by atoms with van der Waals surface area (Å²) in [6, 6.07) is 6.88. The van der Waals surface area contributed by atoms with E-state index < -0.39 is 11.7 Å².